The van der Waals surface area contributed by atoms with Crippen LogP contribution in [0.2, 0.25) is 0 Å². The molecule has 0 aromatic heterocycles. The smallest absolute Gasteiger partial charge is 0.258 e. The zero-order chi connectivity index (χ0) is 14.0. The van der Waals surface area contributed by atoms with Crippen LogP contribution < -0.4 is 0 Å². The molecule has 19 heavy (non-hydrogen) atoms. The zero-order valence-corrected chi connectivity index (χ0v) is 10.7. The molecule has 1 fully saturated rings. The first-order valence-electron chi connectivity index (χ1n) is 6.04. The number of benzene rings is 1. The van der Waals surface area contributed by atoms with Gasteiger partial charge >= 0.3 is 0 Å². The van der Waals surface area contributed by atoms with Crippen LogP contribution in [0.4, 0.5) is 0 Å². The van der Waals surface area contributed by atoms with E-state index < -0.39 is 5.91 Å². The maximum atomic E-state index is 12.3. The molecule has 1 saturated heterocycles. The van der Waals surface area contributed by atoms with E-state index in [1.54, 1.807) is 11.9 Å². The first-order chi connectivity index (χ1) is 8.99. The molecule has 102 valence electrons. The van der Waals surface area contributed by atoms with Gasteiger partial charge in [0.1, 0.15) is 18.0 Å². The minimum Gasteiger partial charge on any atom is -0.508 e. The van der Waals surface area contributed by atoms with Gasteiger partial charge in [0.2, 0.25) is 5.91 Å². The summed E-state index contributed by atoms with van der Waals surface area (Å²) in [5.41, 5.74) is 0.0114. The molecule has 2 rings (SSSR count). The van der Waals surface area contributed by atoms with Crippen LogP contribution in [0.1, 0.15) is 16.8 Å². The zero-order valence-electron chi connectivity index (χ0n) is 10.7. The van der Waals surface area contributed by atoms with Crippen molar-refractivity contribution in [2.24, 2.45) is 0 Å². The molecule has 2 amide bonds. The number of phenolic OH excluding ortho intramolecular Hbond substituents is 2. The number of amides is 2. The highest BCUT2D eigenvalue weighted by Gasteiger charge is 2.25. The van der Waals surface area contributed by atoms with Gasteiger partial charge in [-0.25, -0.2) is 0 Å². The Labute approximate surface area is 110 Å². The van der Waals surface area contributed by atoms with Crippen LogP contribution in [0.15, 0.2) is 18.2 Å². The number of carbonyl (C=O) groups excluding carboxylic acids is 2. The highest BCUT2D eigenvalue weighted by molar-refractivity contribution is 5.99. The van der Waals surface area contributed by atoms with Crippen molar-refractivity contribution in [1.29, 1.82) is 0 Å². The van der Waals surface area contributed by atoms with Crippen molar-refractivity contribution in [2.75, 3.05) is 26.7 Å². The largest absolute Gasteiger partial charge is 0.508 e. The van der Waals surface area contributed by atoms with Gasteiger partial charge in [0.05, 0.1) is 5.56 Å². The molecule has 0 unspecified atom stereocenters. The van der Waals surface area contributed by atoms with E-state index in [-0.39, 0.29) is 29.5 Å². The summed E-state index contributed by atoms with van der Waals surface area (Å²) in [5, 5.41) is 19.0. The molecule has 1 aromatic rings. The molecule has 1 aliphatic rings. The van der Waals surface area contributed by atoms with Crippen molar-refractivity contribution < 1.29 is 19.8 Å². The van der Waals surface area contributed by atoms with Gasteiger partial charge in [-0.3, -0.25) is 9.59 Å². The number of aromatic hydroxyl groups is 2. The van der Waals surface area contributed by atoms with E-state index in [4.69, 9.17) is 0 Å². The number of nitrogens with zero attached hydrogens (tertiary/aromatic N) is 2. The van der Waals surface area contributed by atoms with Gasteiger partial charge in [-0.15, -0.1) is 0 Å². The maximum absolute atomic E-state index is 12.3. The van der Waals surface area contributed by atoms with Gasteiger partial charge < -0.3 is 20.0 Å². The predicted octanol–water partition coefficient (Wildman–Crippen LogP) is 0.402. The van der Waals surface area contributed by atoms with Gasteiger partial charge in [0, 0.05) is 20.1 Å². The van der Waals surface area contributed by atoms with Crippen molar-refractivity contribution in [1.82, 2.24) is 9.80 Å². The monoisotopic (exact) mass is 264 g/mol. The molecular weight excluding hydrogens is 248 g/mol. The second-order valence-corrected chi connectivity index (χ2v) is 4.60. The van der Waals surface area contributed by atoms with E-state index in [0.717, 1.165) is 0 Å². The lowest BCUT2D eigenvalue weighted by molar-refractivity contribution is -0.129. The summed E-state index contributed by atoms with van der Waals surface area (Å²) >= 11 is 0. The molecule has 0 atom stereocenters. The first kappa shape index (κ1) is 13.2. The quantitative estimate of drug-likeness (QED) is 0.719. The van der Waals surface area contributed by atoms with Crippen molar-refractivity contribution in [3.8, 4) is 11.5 Å². The van der Waals surface area contributed by atoms with E-state index in [9.17, 15) is 19.8 Å². The van der Waals surface area contributed by atoms with Crippen molar-refractivity contribution in [3.05, 3.63) is 23.8 Å². The SMILES string of the molecule is CN1CCCN(C(=O)c2cc(O)ccc2O)CC1=O. The second kappa shape index (κ2) is 5.17. The Hall–Kier alpha value is -2.24. The minimum absolute atomic E-state index is 0.00949. The average Bonchev–Trinajstić information content (AvgIpc) is 2.54. The number of phenols is 2. The molecule has 6 nitrogen and oxygen atoms in total. The van der Waals surface area contributed by atoms with Crippen LogP contribution in [0, 0.1) is 0 Å². The molecule has 2 N–H and O–H groups in total. The molecule has 0 aliphatic carbocycles. The van der Waals surface area contributed by atoms with Crippen molar-refractivity contribution in [3.63, 3.8) is 0 Å². The van der Waals surface area contributed by atoms with Gasteiger partial charge in [0.15, 0.2) is 0 Å². The fraction of sp³-hybridized carbons (Fsp3) is 0.385. The molecule has 0 spiro atoms. The van der Waals surface area contributed by atoms with Crippen LogP contribution in [-0.2, 0) is 4.79 Å². The maximum Gasteiger partial charge on any atom is 0.258 e. The topological polar surface area (TPSA) is 81.1 Å². The van der Waals surface area contributed by atoms with Crippen LogP contribution in [0.25, 0.3) is 0 Å². The second-order valence-electron chi connectivity index (χ2n) is 4.60. The Morgan fingerprint density at radius 1 is 1.26 bits per heavy atom. The van der Waals surface area contributed by atoms with Crippen molar-refractivity contribution >= 4 is 11.8 Å². The summed E-state index contributed by atoms with van der Waals surface area (Å²) in [4.78, 5) is 27.0. The third-order valence-corrected chi connectivity index (χ3v) is 3.17. The molecule has 1 heterocycles. The normalized spacial score (nSPS) is 16.4. The van der Waals surface area contributed by atoms with Gasteiger partial charge in [-0.05, 0) is 24.6 Å². The Balaban J connectivity index is 2.23. The molecule has 0 saturated carbocycles. The van der Waals surface area contributed by atoms with E-state index in [0.29, 0.717) is 19.5 Å². The number of carbonyl (C=O) groups is 2. The summed E-state index contributed by atoms with van der Waals surface area (Å²) < 4.78 is 0. The number of hydrogen-bond acceptors (Lipinski definition) is 4. The Kier molecular flexibility index (Phi) is 3.59. The van der Waals surface area contributed by atoms with E-state index in [2.05, 4.69) is 0 Å². The van der Waals surface area contributed by atoms with Crippen LogP contribution >= 0.6 is 0 Å². The van der Waals surface area contributed by atoms with E-state index in [1.165, 1.54) is 23.1 Å². The summed E-state index contributed by atoms with van der Waals surface area (Å²) in [6.45, 7) is 1.04. The molecule has 0 radical (unpaired) electrons. The lowest BCUT2D eigenvalue weighted by Gasteiger charge is -2.20. The van der Waals surface area contributed by atoms with Crippen LogP contribution in [0.3, 0.4) is 0 Å². The van der Waals surface area contributed by atoms with E-state index >= 15 is 0 Å². The minimum atomic E-state index is -0.447. The number of rotatable bonds is 1. The fourth-order valence-corrected chi connectivity index (χ4v) is 2.03. The molecule has 1 aliphatic heterocycles. The third kappa shape index (κ3) is 2.78. The Bertz CT molecular complexity index is 515. The Morgan fingerprint density at radius 3 is 2.74 bits per heavy atom. The van der Waals surface area contributed by atoms with Crippen LogP contribution in [0.5, 0.6) is 11.5 Å². The van der Waals surface area contributed by atoms with Gasteiger partial charge in [0.25, 0.3) is 5.91 Å². The third-order valence-electron chi connectivity index (χ3n) is 3.17. The average molecular weight is 264 g/mol. The van der Waals surface area contributed by atoms with E-state index in [1.807, 2.05) is 0 Å². The number of likely N-dealkylation sites (N-methyl/N-ethyl adjacent to an activating group) is 1. The summed E-state index contributed by atoms with van der Waals surface area (Å²) in [6, 6.07) is 3.76. The summed E-state index contributed by atoms with van der Waals surface area (Å²) in [7, 11) is 1.70. The van der Waals surface area contributed by atoms with Crippen molar-refractivity contribution in [2.45, 2.75) is 6.42 Å². The van der Waals surface area contributed by atoms with Gasteiger partial charge in [-0.1, -0.05) is 0 Å². The summed E-state index contributed by atoms with van der Waals surface area (Å²) in [5.74, 6) is -0.880. The van der Waals surface area contributed by atoms with Crippen LogP contribution in [-0.4, -0.2) is 58.5 Å². The number of hydrogen-bond donors (Lipinski definition) is 2. The predicted molar refractivity (Wildman–Crippen MR) is 67.9 cm³/mol. The fourth-order valence-electron chi connectivity index (χ4n) is 2.03. The molecule has 6 heteroatoms. The lowest BCUT2D eigenvalue weighted by atomic mass is 10.1. The molecule has 1 aromatic carbocycles. The highest BCUT2D eigenvalue weighted by Crippen LogP contribution is 2.24. The Morgan fingerprint density at radius 2 is 2.00 bits per heavy atom. The molecular formula is C13H16N2O4. The first-order valence-corrected chi connectivity index (χ1v) is 6.04. The molecule has 0 bridgehead atoms. The lowest BCUT2D eigenvalue weighted by Crippen LogP contribution is -2.38. The summed E-state index contributed by atoms with van der Waals surface area (Å²) in [6.07, 6.45) is 0.688. The highest BCUT2D eigenvalue weighted by atomic mass is 16.3. The standard InChI is InChI=1S/C13H16N2O4/c1-14-5-2-6-15(8-12(14)18)13(19)10-7-9(16)3-4-11(10)17/h3-4,7,16-17H,2,5-6,8H2,1H3. The van der Waals surface area contributed by atoms with Gasteiger partial charge in [-0.2, -0.15) is 0 Å².